The molecule has 0 heterocycles. The van der Waals surface area contributed by atoms with Gasteiger partial charge in [0.2, 0.25) is 0 Å². The Kier molecular flexibility index (Phi) is 6.03. The summed E-state index contributed by atoms with van der Waals surface area (Å²) in [6.45, 7) is 2.11. The average Bonchev–Trinajstić information content (AvgIpc) is 3.03. The molecule has 0 aromatic heterocycles. The van der Waals surface area contributed by atoms with Gasteiger partial charge in [-0.15, -0.1) is 0 Å². The third-order valence-corrected chi connectivity index (χ3v) is 5.12. The molecule has 0 spiro atoms. The summed E-state index contributed by atoms with van der Waals surface area (Å²) in [6.07, 6.45) is 4.14. The third-order valence-electron chi connectivity index (χ3n) is 5.12. The highest BCUT2D eigenvalue weighted by molar-refractivity contribution is 5.26. The first-order valence-corrected chi connectivity index (χ1v) is 9.16. The first-order valence-electron chi connectivity index (χ1n) is 9.16. The molecule has 2 heteroatoms. The lowest BCUT2D eigenvalue weighted by Crippen LogP contribution is -2.19. The van der Waals surface area contributed by atoms with E-state index in [-0.39, 0.29) is 0 Å². The van der Waals surface area contributed by atoms with E-state index in [1.54, 1.807) is 0 Å². The molecule has 0 radical (unpaired) electrons. The molecule has 2 aromatic rings. The average molecular weight is 325 g/mol. The summed E-state index contributed by atoms with van der Waals surface area (Å²) in [5, 5.41) is 0. The van der Waals surface area contributed by atoms with E-state index in [0.717, 1.165) is 32.4 Å². The predicted octanol–water partition coefficient (Wildman–Crippen LogP) is 5.36. The Morgan fingerprint density at radius 1 is 0.958 bits per heavy atom. The fourth-order valence-corrected chi connectivity index (χ4v) is 3.71. The molecule has 1 nitrogen and oxygen atoms in total. The number of nitrogens with zero attached hydrogens (tertiary/aromatic N) is 1. The van der Waals surface area contributed by atoms with Gasteiger partial charge in [-0.3, -0.25) is 0 Å². The van der Waals surface area contributed by atoms with E-state index in [1.165, 1.54) is 23.1 Å². The van der Waals surface area contributed by atoms with Crippen LogP contribution in [0.25, 0.3) is 0 Å². The molecule has 0 N–H and O–H groups in total. The molecule has 1 saturated carbocycles. The lowest BCUT2D eigenvalue weighted by Gasteiger charge is -2.16. The van der Waals surface area contributed by atoms with Gasteiger partial charge in [-0.2, -0.15) is 0 Å². The van der Waals surface area contributed by atoms with Crippen molar-refractivity contribution in [3.63, 3.8) is 0 Å². The molecule has 24 heavy (non-hydrogen) atoms. The summed E-state index contributed by atoms with van der Waals surface area (Å²) in [4.78, 5) is 2.38. The first kappa shape index (κ1) is 17.2. The molecule has 3 rings (SSSR count). The van der Waals surface area contributed by atoms with Gasteiger partial charge in [0.05, 0.1) is 0 Å². The van der Waals surface area contributed by atoms with Crippen molar-refractivity contribution in [2.75, 3.05) is 13.6 Å². The first-order chi connectivity index (χ1) is 11.7. The molecule has 2 atom stereocenters. The van der Waals surface area contributed by atoms with Gasteiger partial charge in [0.1, 0.15) is 6.17 Å². The number of aryl methyl sites for hydroxylation is 1. The second kappa shape index (κ2) is 8.43. The number of hydrogen-bond donors (Lipinski definition) is 0. The van der Waals surface area contributed by atoms with Gasteiger partial charge in [-0.25, -0.2) is 4.39 Å². The summed E-state index contributed by atoms with van der Waals surface area (Å²) < 4.78 is 13.3. The van der Waals surface area contributed by atoms with E-state index in [9.17, 15) is 4.39 Å². The van der Waals surface area contributed by atoms with E-state index >= 15 is 0 Å². The number of hydrogen-bond acceptors (Lipinski definition) is 1. The monoisotopic (exact) mass is 325 g/mol. The van der Waals surface area contributed by atoms with Crippen molar-refractivity contribution < 1.29 is 4.39 Å². The minimum Gasteiger partial charge on any atom is -0.302 e. The highest BCUT2D eigenvalue weighted by Gasteiger charge is 2.25. The van der Waals surface area contributed by atoms with Crippen molar-refractivity contribution in [3.05, 3.63) is 71.3 Å². The highest BCUT2D eigenvalue weighted by Crippen LogP contribution is 2.36. The van der Waals surface area contributed by atoms with Gasteiger partial charge < -0.3 is 4.90 Å². The van der Waals surface area contributed by atoms with Crippen LogP contribution in [0.5, 0.6) is 0 Å². The zero-order valence-corrected chi connectivity index (χ0v) is 14.6. The molecule has 1 aliphatic carbocycles. The van der Waals surface area contributed by atoms with Crippen molar-refractivity contribution in [2.45, 2.75) is 50.7 Å². The summed E-state index contributed by atoms with van der Waals surface area (Å²) in [5.74, 6) is 0.436. The van der Waals surface area contributed by atoms with Crippen LogP contribution in [0.4, 0.5) is 4.39 Å². The van der Waals surface area contributed by atoms with E-state index in [0.29, 0.717) is 12.3 Å². The predicted molar refractivity (Wildman–Crippen MR) is 99.0 cm³/mol. The van der Waals surface area contributed by atoms with Crippen LogP contribution in [0.2, 0.25) is 0 Å². The molecule has 0 amide bonds. The molecule has 0 aliphatic heterocycles. The van der Waals surface area contributed by atoms with E-state index < -0.39 is 6.17 Å². The van der Waals surface area contributed by atoms with Crippen molar-refractivity contribution in [1.29, 1.82) is 0 Å². The number of rotatable bonds is 7. The van der Waals surface area contributed by atoms with Gasteiger partial charge in [0, 0.05) is 6.54 Å². The summed E-state index contributed by atoms with van der Waals surface area (Å²) in [6, 6.07) is 19.5. The Balaban J connectivity index is 1.42. The Morgan fingerprint density at radius 3 is 2.38 bits per heavy atom. The third kappa shape index (κ3) is 4.91. The van der Waals surface area contributed by atoms with Gasteiger partial charge in [-0.1, -0.05) is 54.6 Å². The van der Waals surface area contributed by atoms with Crippen LogP contribution >= 0.6 is 0 Å². The smallest absolute Gasteiger partial charge is 0.101 e. The van der Waals surface area contributed by atoms with Crippen molar-refractivity contribution in [2.24, 2.45) is 0 Å². The second-order valence-corrected chi connectivity index (χ2v) is 7.18. The molecule has 1 fully saturated rings. The quantitative estimate of drug-likeness (QED) is 0.662. The number of benzene rings is 2. The van der Waals surface area contributed by atoms with Gasteiger partial charge in [-0.05, 0) is 68.3 Å². The number of alkyl halides is 1. The van der Waals surface area contributed by atoms with Crippen LogP contribution < -0.4 is 0 Å². The van der Waals surface area contributed by atoms with Crippen molar-refractivity contribution >= 4 is 0 Å². The van der Waals surface area contributed by atoms with E-state index in [2.05, 4.69) is 66.5 Å². The fraction of sp³-hybridized carbons (Fsp3) is 0.455. The van der Waals surface area contributed by atoms with Crippen LogP contribution in [-0.2, 0) is 13.0 Å². The van der Waals surface area contributed by atoms with Crippen LogP contribution in [-0.4, -0.2) is 24.7 Å². The normalized spacial score (nSPS) is 20.6. The minimum absolute atomic E-state index is 0.436. The Morgan fingerprint density at radius 2 is 1.71 bits per heavy atom. The molecule has 0 bridgehead atoms. The molecule has 2 unspecified atom stereocenters. The van der Waals surface area contributed by atoms with Crippen LogP contribution in [0.15, 0.2) is 54.6 Å². The van der Waals surface area contributed by atoms with E-state index in [1.807, 2.05) is 0 Å². The molecular weight excluding hydrogens is 297 g/mol. The largest absolute Gasteiger partial charge is 0.302 e. The SMILES string of the molecule is CN(CCCc1ccc(C2CCC(F)C2)cc1)Cc1ccccc1. The van der Waals surface area contributed by atoms with Crippen LogP contribution in [0.3, 0.4) is 0 Å². The summed E-state index contributed by atoms with van der Waals surface area (Å²) >= 11 is 0. The highest BCUT2D eigenvalue weighted by atomic mass is 19.1. The Bertz CT molecular complexity index is 608. The van der Waals surface area contributed by atoms with Gasteiger partial charge >= 0.3 is 0 Å². The van der Waals surface area contributed by atoms with Crippen molar-refractivity contribution in [1.82, 2.24) is 4.90 Å². The zero-order chi connectivity index (χ0) is 16.8. The second-order valence-electron chi connectivity index (χ2n) is 7.18. The Labute approximate surface area is 145 Å². The summed E-state index contributed by atoms with van der Waals surface area (Å²) in [5.41, 5.74) is 4.08. The van der Waals surface area contributed by atoms with Gasteiger partial charge in [0.15, 0.2) is 0 Å². The zero-order valence-electron chi connectivity index (χ0n) is 14.6. The Hall–Kier alpha value is -1.67. The maximum atomic E-state index is 13.3. The van der Waals surface area contributed by atoms with Crippen molar-refractivity contribution in [3.8, 4) is 0 Å². The number of halogens is 1. The van der Waals surface area contributed by atoms with Gasteiger partial charge in [0.25, 0.3) is 0 Å². The van der Waals surface area contributed by atoms with Crippen LogP contribution in [0.1, 0.15) is 48.3 Å². The molecule has 128 valence electrons. The summed E-state index contributed by atoms with van der Waals surface area (Å²) in [7, 11) is 2.18. The molecule has 1 aliphatic rings. The maximum Gasteiger partial charge on any atom is 0.101 e. The molecule has 2 aromatic carbocycles. The van der Waals surface area contributed by atoms with Crippen LogP contribution in [0, 0.1) is 0 Å². The molecule has 0 saturated heterocycles. The standard InChI is InChI=1S/C22H28FN/c1-24(17-19-6-3-2-4-7-19)15-5-8-18-9-11-20(12-10-18)21-13-14-22(23)16-21/h2-4,6-7,9-12,21-22H,5,8,13-17H2,1H3. The maximum absolute atomic E-state index is 13.3. The fourth-order valence-electron chi connectivity index (χ4n) is 3.71. The lowest BCUT2D eigenvalue weighted by molar-refractivity contribution is 0.322. The lowest BCUT2D eigenvalue weighted by atomic mass is 9.96. The minimum atomic E-state index is -0.588. The van der Waals surface area contributed by atoms with E-state index in [4.69, 9.17) is 0 Å². The topological polar surface area (TPSA) is 3.24 Å². The molecular formula is C22H28FN.